The van der Waals surface area contributed by atoms with Crippen LogP contribution in [0.3, 0.4) is 0 Å². The van der Waals surface area contributed by atoms with E-state index in [9.17, 15) is 10.0 Å². The lowest BCUT2D eigenvalue weighted by Gasteiger charge is -1.86. The van der Waals surface area contributed by atoms with Gasteiger partial charge in [-0.15, -0.1) is 0 Å². The third kappa shape index (κ3) is 1.33. The van der Waals surface area contributed by atoms with E-state index in [-0.39, 0.29) is 5.43 Å². The van der Waals surface area contributed by atoms with E-state index in [0.717, 1.165) is 6.20 Å². The lowest BCUT2D eigenvalue weighted by atomic mass is 10.2. The zero-order valence-corrected chi connectivity index (χ0v) is 6.68. The molecule has 0 fully saturated rings. The standard InChI is InChI=1S/C9H6N2O2/c12-9-5-6-11(13)10-8-4-2-1-3-7(8)9/h1-6H. The number of aromatic nitrogens is 2. The van der Waals surface area contributed by atoms with Gasteiger partial charge in [0.2, 0.25) is 6.20 Å². The van der Waals surface area contributed by atoms with Gasteiger partial charge in [0.25, 0.3) is 0 Å². The number of benzene rings is 1. The Morgan fingerprint density at radius 1 is 1.23 bits per heavy atom. The van der Waals surface area contributed by atoms with Crippen LogP contribution in [0.25, 0.3) is 10.9 Å². The molecule has 1 heterocycles. The van der Waals surface area contributed by atoms with Gasteiger partial charge in [-0.1, -0.05) is 17.0 Å². The molecule has 2 rings (SSSR count). The van der Waals surface area contributed by atoms with Crippen molar-refractivity contribution in [2.24, 2.45) is 0 Å². The third-order valence-corrected chi connectivity index (χ3v) is 1.73. The maximum Gasteiger partial charge on any atom is 0.213 e. The minimum atomic E-state index is -0.197. The van der Waals surface area contributed by atoms with Gasteiger partial charge >= 0.3 is 0 Å². The molecule has 0 aliphatic heterocycles. The van der Waals surface area contributed by atoms with E-state index in [1.54, 1.807) is 24.3 Å². The fraction of sp³-hybridized carbons (Fsp3) is 0. The smallest absolute Gasteiger partial charge is 0.213 e. The first kappa shape index (κ1) is 7.67. The van der Waals surface area contributed by atoms with Crippen LogP contribution in [-0.2, 0) is 0 Å². The molecule has 0 amide bonds. The summed E-state index contributed by atoms with van der Waals surface area (Å²) < 4.78 is 0. The SMILES string of the molecule is O=c1cc[n+]([O-])nc2ccccc12. The largest absolute Gasteiger partial charge is 0.594 e. The van der Waals surface area contributed by atoms with E-state index >= 15 is 0 Å². The summed E-state index contributed by atoms with van der Waals surface area (Å²) in [6.07, 6.45) is 1.10. The third-order valence-electron chi connectivity index (χ3n) is 1.73. The Morgan fingerprint density at radius 2 is 2.00 bits per heavy atom. The Morgan fingerprint density at radius 3 is 2.85 bits per heavy atom. The summed E-state index contributed by atoms with van der Waals surface area (Å²) in [5.41, 5.74) is 0.213. The number of fused-ring (bicyclic) bond motifs is 1. The number of hydrogen-bond donors (Lipinski definition) is 0. The molecule has 0 atom stereocenters. The summed E-state index contributed by atoms with van der Waals surface area (Å²) in [6, 6.07) is 7.95. The van der Waals surface area contributed by atoms with Crippen molar-refractivity contribution in [2.75, 3.05) is 0 Å². The molecule has 0 unspecified atom stereocenters. The van der Waals surface area contributed by atoms with Crippen molar-refractivity contribution in [2.45, 2.75) is 0 Å². The van der Waals surface area contributed by atoms with E-state index in [0.29, 0.717) is 15.7 Å². The monoisotopic (exact) mass is 174 g/mol. The topological polar surface area (TPSA) is 56.9 Å². The van der Waals surface area contributed by atoms with E-state index in [1.165, 1.54) is 6.07 Å². The summed E-state index contributed by atoms with van der Waals surface area (Å²) in [7, 11) is 0. The fourth-order valence-electron chi connectivity index (χ4n) is 1.13. The highest BCUT2D eigenvalue weighted by molar-refractivity contribution is 5.76. The molecule has 0 bridgehead atoms. The molecule has 0 saturated heterocycles. The van der Waals surface area contributed by atoms with Crippen LogP contribution in [0.5, 0.6) is 0 Å². The highest BCUT2D eigenvalue weighted by atomic mass is 16.5. The zero-order chi connectivity index (χ0) is 9.26. The second-order valence-electron chi connectivity index (χ2n) is 2.60. The molecule has 0 spiro atoms. The summed E-state index contributed by atoms with van der Waals surface area (Å²) in [4.78, 5) is 11.7. The van der Waals surface area contributed by atoms with Gasteiger partial charge in [0, 0.05) is 5.10 Å². The molecule has 0 radical (unpaired) electrons. The summed E-state index contributed by atoms with van der Waals surface area (Å²) >= 11 is 0. The van der Waals surface area contributed by atoms with Crippen LogP contribution in [0.2, 0.25) is 0 Å². The Bertz CT molecular complexity index is 511. The Balaban J connectivity index is 3.04. The van der Waals surface area contributed by atoms with E-state index in [1.807, 2.05) is 0 Å². The van der Waals surface area contributed by atoms with Crippen molar-refractivity contribution in [3.8, 4) is 0 Å². The van der Waals surface area contributed by atoms with Crippen molar-refractivity contribution >= 4 is 10.9 Å². The van der Waals surface area contributed by atoms with Crippen LogP contribution in [0.15, 0.2) is 41.3 Å². The molecule has 0 aliphatic rings. The first-order chi connectivity index (χ1) is 6.27. The van der Waals surface area contributed by atoms with Gasteiger partial charge in [0.1, 0.15) is 5.52 Å². The second-order valence-corrected chi connectivity index (χ2v) is 2.60. The summed E-state index contributed by atoms with van der Waals surface area (Å²) in [5, 5.41) is 15.0. The highest BCUT2D eigenvalue weighted by Gasteiger charge is 1.99. The molecule has 64 valence electrons. The minimum absolute atomic E-state index is 0.197. The fourth-order valence-corrected chi connectivity index (χ4v) is 1.13. The molecule has 4 heteroatoms. The molecular weight excluding hydrogens is 168 g/mol. The quantitative estimate of drug-likeness (QED) is 0.424. The molecule has 0 N–H and O–H groups in total. The van der Waals surface area contributed by atoms with E-state index < -0.39 is 0 Å². The lowest BCUT2D eigenvalue weighted by molar-refractivity contribution is -0.666. The molecule has 2 aromatic rings. The van der Waals surface area contributed by atoms with Crippen molar-refractivity contribution in [3.05, 3.63) is 52.0 Å². The molecule has 1 aromatic carbocycles. The molecule has 4 nitrogen and oxygen atoms in total. The van der Waals surface area contributed by atoms with Gasteiger partial charge in [0.15, 0.2) is 5.43 Å². The van der Waals surface area contributed by atoms with Crippen molar-refractivity contribution in [3.63, 3.8) is 0 Å². The van der Waals surface area contributed by atoms with Gasteiger partial charge in [-0.25, -0.2) is 0 Å². The lowest BCUT2D eigenvalue weighted by Crippen LogP contribution is -2.28. The Labute approximate surface area is 73.7 Å². The summed E-state index contributed by atoms with van der Waals surface area (Å²) in [6.45, 7) is 0. The van der Waals surface area contributed by atoms with E-state index in [4.69, 9.17) is 0 Å². The molecule has 13 heavy (non-hydrogen) atoms. The van der Waals surface area contributed by atoms with Crippen LogP contribution >= 0.6 is 0 Å². The average molecular weight is 174 g/mol. The maximum atomic E-state index is 11.3. The van der Waals surface area contributed by atoms with Gasteiger partial charge in [0.05, 0.1) is 11.5 Å². The summed E-state index contributed by atoms with van der Waals surface area (Å²) in [5.74, 6) is 0. The normalized spacial score (nSPS) is 10.2. The van der Waals surface area contributed by atoms with Gasteiger partial charge < -0.3 is 5.21 Å². The maximum absolute atomic E-state index is 11.3. The van der Waals surface area contributed by atoms with Gasteiger partial charge in [-0.05, 0) is 12.1 Å². The zero-order valence-electron chi connectivity index (χ0n) is 6.68. The van der Waals surface area contributed by atoms with Crippen LogP contribution in [0, 0.1) is 5.21 Å². The van der Waals surface area contributed by atoms with Crippen LogP contribution < -0.4 is 10.3 Å². The predicted molar refractivity (Wildman–Crippen MR) is 47.0 cm³/mol. The average Bonchev–Trinajstić information content (AvgIpc) is 2.27. The van der Waals surface area contributed by atoms with Crippen molar-refractivity contribution in [1.29, 1.82) is 0 Å². The number of nitrogens with zero attached hydrogens (tertiary/aromatic N) is 2. The van der Waals surface area contributed by atoms with Crippen molar-refractivity contribution in [1.82, 2.24) is 5.10 Å². The van der Waals surface area contributed by atoms with Gasteiger partial charge in [-0.2, -0.15) is 0 Å². The second kappa shape index (κ2) is 2.82. The molecule has 0 aliphatic carbocycles. The molecule has 1 aromatic heterocycles. The van der Waals surface area contributed by atoms with Crippen LogP contribution in [0.1, 0.15) is 0 Å². The van der Waals surface area contributed by atoms with Gasteiger partial charge in [-0.3, -0.25) is 4.79 Å². The van der Waals surface area contributed by atoms with E-state index in [2.05, 4.69) is 5.10 Å². The highest BCUT2D eigenvalue weighted by Crippen LogP contribution is 2.01. The molecular formula is C9H6N2O2. The Hall–Kier alpha value is -1.97. The van der Waals surface area contributed by atoms with Crippen molar-refractivity contribution < 1.29 is 4.85 Å². The number of rotatable bonds is 0. The van der Waals surface area contributed by atoms with Crippen LogP contribution in [0.4, 0.5) is 0 Å². The molecule has 0 saturated carbocycles. The first-order valence-electron chi connectivity index (χ1n) is 3.77. The Kier molecular flexibility index (Phi) is 1.66. The first-order valence-corrected chi connectivity index (χ1v) is 3.77. The minimum Gasteiger partial charge on any atom is -0.594 e. The predicted octanol–water partition coefficient (Wildman–Crippen LogP) is 0.228. The number of hydrogen-bond acceptors (Lipinski definition) is 3. The van der Waals surface area contributed by atoms with Crippen LogP contribution in [-0.4, -0.2) is 5.10 Å².